The summed E-state index contributed by atoms with van der Waals surface area (Å²) in [4.78, 5) is 20.5. The van der Waals surface area contributed by atoms with E-state index >= 15 is 0 Å². The Morgan fingerprint density at radius 2 is 2.44 bits per heavy atom. The Labute approximate surface area is 92.2 Å². The SMILES string of the molecule is N#Cc1cc(N2CCC(C(=O)O)C2)ncn1. The number of rotatable bonds is 2. The van der Waals surface area contributed by atoms with Crippen LogP contribution in [-0.4, -0.2) is 34.1 Å². The second kappa shape index (κ2) is 4.14. The van der Waals surface area contributed by atoms with Crippen LogP contribution < -0.4 is 4.90 Å². The fourth-order valence-electron chi connectivity index (χ4n) is 1.75. The van der Waals surface area contributed by atoms with E-state index in [0.29, 0.717) is 31.0 Å². The third-order valence-corrected chi connectivity index (χ3v) is 2.63. The van der Waals surface area contributed by atoms with Crippen molar-refractivity contribution in [2.24, 2.45) is 5.92 Å². The van der Waals surface area contributed by atoms with Crippen LogP contribution in [0.1, 0.15) is 12.1 Å². The Bertz CT molecular complexity index is 454. The Balaban J connectivity index is 2.14. The second-order valence-electron chi connectivity index (χ2n) is 3.64. The number of hydrogen-bond acceptors (Lipinski definition) is 5. The van der Waals surface area contributed by atoms with Gasteiger partial charge < -0.3 is 10.0 Å². The highest BCUT2D eigenvalue weighted by molar-refractivity contribution is 5.71. The van der Waals surface area contributed by atoms with Crippen molar-refractivity contribution in [2.45, 2.75) is 6.42 Å². The molecule has 0 spiro atoms. The molecule has 1 aromatic rings. The number of nitrogens with zero attached hydrogens (tertiary/aromatic N) is 4. The molecule has 6 heteroatoms. The third kappa shape index (κ3) is 1.93. The van der Waals surface area contributed by atoms with Crippen molar-refractivity contribution in [1.29, 1.82) is 5.26 Å². The largest absolute Gasteiger partial charge is 0.481 e. The zero-order valence-electron chi connectivity index (χ0n) is 8.50. The van der Waals surface area contributed by atoms with E-state index in [1.807, 2.05) is 11.0 Å². The minimum atomic E-state index is -0.780. The number of carboxylic acid groups (broad SMARTS) is 1. The average Bonchev–Trinajstić information content (AvgIpc) is 2.78. The van der Waals surface area contributed by atoms with Crippen LogP contribution in [0.25, 0.3) is 0 Å². The van der Waals surface area contributed by atoms with Gasteiger partial charge in [0.05, 0.1) is 5.92 Å². The monoisotopic (exact) mass is 218 g/mol. The summed E-state index contributed by atoms with van der Waals surface area (Å²) in [5, 5.41) is 17.6. The number of aromatic nitrogens is 2. The van der Waals surface area contributed by atoms with Gasteiger partial charge in [0, 0.05) is 19.2 Å². The average molecular weight is 218 g/mol. The van der Waals surface area contributed by atoms with E-state index in [1.165, 1.54) is 6.33 Å². The van der Waals surface area contributed by atoms with Gasteiger partial charge >= 0.3 is 5.97 Å². The molecule has 1 aromatic heterocycles. The predicted octanol–water partition coefficient (Wildman–Crippen LogP) is 0.259. The van der Waals surface area contributed by atoms with Crippen LogP contribution in [0.4, 0.5) is 5.82 Å². The van der Waals surface area contributed by atoms with Crippen molar-refractivity contribution in [3.8, 4) is 6.07 Å². The zero-order valence-corrected chi connectivity index (χ0v) is 8.50. The molecule has 82 valence electrons. The molecular weight excluding hydrogens is 208 g/mol. The number of nitriles is 1. The standard InChI is InChI=1S/C10H10N4O2/c11-4-8-3-9(13-6-12-8)14-2-1-7(5-14)10(15)16/h3,6-7H,1-2,5H2,(H,15,16). The fraction of sp³-hybridized carbons (Fsp3) is 0.400. The van der Waals surface area contributed by atoms with Crippen molar-refractivity contribution < 1.29 is 9.90 Å². The van der Waals surface area contributed by atoms with E-state index in [-0.39, 0.29) is 5.92 Å². The lowest BCUT2D eigenvalue weighted by molar-refractivity contribution is -0.140. The van der Waals surface area contributed by atoms with Gasteiger partial charge in [0.1, 0.15) is 23.9 Å². The molecule has 0 saturated carbocycles. The van der Waals surface area contributed by atoms with Crippen molar-refractivity contribution in [1.82, 2.24) is 9.97 Å². The molecule has 2 rings (SSSR count). The van der Waals surface area contributed by atoms with Crippen LogP contribution in [0.2, 0.25) is 0 Å². The van der Waals surface area contributed by atoms with Crippen LogP contribution in [0, 0.1) is 17.2 Å². The van der Waals surface area contributed by atoms with Gasteiger partial charge in [-0.05, 0) is 6.42 Å². The maximum Gasteiger partial charge on any atom is 0.308 e. The smallest absolute Gasteiger partial charge is 0.308 e. The molecule has 1 aliphatic rings. The number of carbonyl (C=O) groups is 1. The predicted molar refractivity (Wildman–Crippen MR) is 54.7 cm³/mol. The van der Waals surface area contributed by atoms with E-state index in [0.717, 1.165) is 0 Å². The Hall–Kier alpha value is -2.16. The van der Waals surface area contributed by atoms with Crippen molar-refractivity contribution in [2.75, 3.05) is 18.0 Å². The first kappa shape index (κ1) is 10.4. The van der Waals surface area contributed by atoms with Gasteiger partial charge in [0.25, 0.3) is 0 Å². The van der Waals surface area contributed by atoms with Crippen molar-refractivity contribution in [3.05, 3.63) is 18.1 Å². The van der Waals surface area contributed by atoms with E-state index in [9.17, 15) is 4.79 Å². The zero-order chi connectivity index (χ0) is 11.5. The number of carboxylic acids is 1. The Morgan fingerprint density at radius 3 is 3.06 bits per heavy atom. The summed E-state index contributed by atoms with van der Waals surface area (Å²) in [6.45, 7) is 1.09. The molecule has 1 N–H and O–H groups in total. The minimum Gasteiger partial charge on any atom is -0.481 e. The van der Waals surface area contributed by atoms with Crippen LogP contribution in [0.3, 0.4) is 0 Å². The summed E-state index contributed by atoms with van der Waals surface area (Å²) in [5.41, 5.74) is 0.295. The highest BCUT2D eigenvalue weighted by atomic mass is 16.4. The van der Waals surface area contributed by atoms with Crippen LogP contribution >= 0.6 is 0 Å². The van der Waals surface area contributed by atoms with Gasteiger partial charge in [0.2, 0.25) is 0 Å². The summed E-state index contributed by atoms with van der Waals surface area (Å²) in [7, 11) is 0. The maximum absolute atomic E-state index is 10.8. The van der Waals surface area contributed by atoms with Crippen molar-refractivity contribution in [3.63, 3.8) is 0 Å². The summed E-state index contributed by atoms with van der Waals surface area (Å²) in [5.74, 6) is -0.507. The summed E-state index contributed by atoms with van der Waals surface area (Å²) in [6.07, 6.45) is 1.93. The summed E-state index contributed by atoms with van der Waals surface area (Å²) < 4.78 is 0. The topological polar surface area (TPSA) is 90.1 Å². The molecular formula is C10H10N4O2. The Morgan fingerprint density at radius 1 is 1.62 bits per heavy atom. The van der Waals surface area contributed by atoms with Crippen LogP contribution in [0.15, 0.2) is 12.4 Å². The lowest BCUT2D eigenvalue weighted by Gasteiger charge is -2.16. The fourth-order valence-corrected chi connectivity index (χ4v) is 1.75. The van der Waals surface area contributed by atoms with Crippen LogP contribution in [-0.2, 0) is 4.79 Å². The van der Waals surface area contributed by atoms with Gasteiger partial charge in [-0.3, -0.25) is 4.79 Å². The molecule has 1 saturated heterocycles. The quantitative estimate of drug-likeness (QED) is 0.765. The maximum atomic E-state index is 10.8. The highest BCUT2D eigenvalue weighted by Crippen LogP contribution is 2.22. The second-order valence-corrected chi connectivity index (χ2v) is 3.64. The van der Waals surface area contributed by atoms with Gasteiger partial charge in [-0.2, -0.15) is 5.26 Å². The molecule has 0 aliphatic carbocycles. The lowest BCUT2D eigenvalue weighted by atomic mass is 10.1. The van der Waals surface area contributed by atoms with Gasteiger partial charge in [-0.1, -0.05) is 0 Å². The number of hydrogen-bond donors (Lipinski definition) is 1. The van der Waals surface area contributed by atoms with Crippen LogP contribution in [0.5, 0.6) is 0 Å². The normalized spacial score (nSPS) is 19.4. The van der Waals surface area contributed by atoms with Crippen molar-refractivity contribution >= 4 is 11.8 Å². The molecule has 1 atom stereocenters. The van der Waals surface area contributed by atoms with E-state index in [1.54, 1.807) is 6.07 Å². The van der Waals surface area contributed by atoms with E-state index in [2.05, 4.69) is 9.97 Å². The Kier molecular flexibility index (Phi) is 2.68. The first-order valence-electron chi connectivity index (χ1n) is 4.90. The first-order chi connectivity index (χ1) is 7.70. The highest BCUT2D eigenvalue weighted by Gasteiger charge is 2.28. The molecule has 6 nitrogen and oxygen atoms in total. The molecule has 2 heterocycles. The minimum absolute atomic E-state index is 0.295. The van der Waals surface area contributed by atoms with E-state index < -0.39 is 5.97 Å². The molecule has 1 unspecified atom stereocenters. The van der Waals surface area contributed by atoms with Gasteiger partial charge in [-0.15, -0.1) is 0 Å². The van der Waals surface area contributed by atoms with Gasteiger partial charge in [0.15, 0.2) is 0 Å². The molecule has 1 aliphatic heterocycles. The van der Waals surface area contributed by atoms with E-state index in [4.69, 9.17) is 10.4 Å². The molecule has 1 fully saturated rings. The molecule has 0 radical (unpaired) electrons. The number of aliphatic carboxylic acids is 1. The number of anilines is 1. The molecule has 0 amide bonds. The molecule has 0 aromatic carbocycles. The molecule has 0 bridgehead atoms. The summed E-state index contributed by atoms with van der Waals surface area (Å²) >= 11 is 0. The molecule has 16 heavy (non-hydrogen) atoms. The lowest BCUT2D eigenvalue weighted by Crippen LogP contribution is -2.23. The first-order valence-corrected chi connectivity index (χ1v) is 4.90. The van der Waals surface area contributed by atoms with Gasteiger partial charge in [-0.25, -0.2) is 9.97 Å². The summed E-state index contributed by atoms with van der Waals surface area (Å²) in [6, 6.07) is 3.50. The third-order valence-electron chi connectivity index (χ3n) is 2.63.